The molecule has 0 spiro atoms. The fourth-order valence-corrected chi connectivity index (χ4v) is 2.56. The predicted molar refractivity (Wildman–Crippen MR) is 85.4 cm³/mol. The smallest absolute Gasteiger partial charge is 0.305 e. The Kier molecular flexibility index (Phi) is 7.72. The highest BCUT2D eigenvalue weighted by molar-refractivity contribution is 5.00. The van der Waals surface area contributed by atoms with Crippen molar-refractivity contribution in [3.63, 3.8) is 0 Å². The van der Waals surface area contributed by atoms with Gasteiger partial charge in [0.15, 0.2) is 5.82 Å². The van der Waals surface area contributed by atoms with Crippen LogP contribution >= 0.6 is 0 Å². The van der Waals surface area contributed by atoms with Gasteiger partial charge in [0.1, 0.15) is 0 Å². The number of aromatic nitrogens is 2. The summed E-state index contributed by atoms with van der Waals surface area (Å²) in [7, 11) is 1.69. The molecule has 0 amide bonds. The molecule has 1 rings (SSSR count). The van der Waals surface area contributed by atoms with Crippen molar-refractivity contribution in [2.24, 2.45) is 7.05 Å². The highest BCUT2D eigenvalue weighted by Crippen LogP contribution is 2.16. The fourth-order valence-electron chi connectivity index (χ4n) is 2.56. The molecule has 122 valence electrons. The molecule has 0 bridgehead atoms. The number of unbranched alkanes of at least 4 members (excludes halogenated alkanes) is 7. The summed E-state index contributed by atoms with van der Waals surface area (Å²) in [6.07, 6.45) is 10.5. The number of rotatable bonds is 11. The van der Waals surface area contributed by atoms with Crippen molar-refractivity contribution < 1.29 is 4.52 Å². The molecule has 0 atom stereocenters. The fraction of sp³-hybridized carbons (Fsp3) is 0.875. The van der Waals surface area contributed by atoms with Gasteiger partial charge in [-0.25, -0.2) is 4.79 Å². The van der Waals surface area contributed by atoms with E-state index < -0.39 is 5.76 Å². The highest BCUT2D eigenvalue weighted by Gasteiger charge is 2.26. The van der Waals surface area contributed by atoms with E-state index in [1.54, 1.807) is 7.05 Å². The van der Waals surface area contributed by atoms with Gasteiger partial charge >= 0.3 is 5.76 Å². The predicted octanol–water partition coefficient (Wildman–Crippen LogP) is 3.34. The third kappa shape index (κ3) is 6.04. The van der Waals surface area contributed by atoms with Gasteiger partial charge in [-0.2, -0.15) is 0 Å². The van der Waals surface area contributed by atoms with Crippen molar-refractivity contribution in [1.29, 1.82) is 0 Å². The van der Waals surface area contributed by atoms with Crippen LogP contribution in [0.2, 0.25) is 0 Å². The van der Waals surface area contributed by atoms with Gasteiger partial charge in [0, 0.05) is 7.05 Å². The van der Waals surface area contributed by atoms with E-state index in [2.05, 4.69) is 17.4 Å². The normalized spacial score (nSPS) is 12.0. The Hall–Kier alpha value is -1.10. The third-order valence-electron chi connectivity index (χ3n) is 3.96. The molecular formula is C16H31N3O2. The van der Waals surface area contributed by atoms with E-state index in [1.807, 2.05) is 13.8 Å². The minimum atomic E-state index is -0.410. The second kappa shape index (κ2) is 9.03. The van der Waals surface area contributed by atoms with E-state index in [0.29, 0.717) is 5.82 Å². The monoisotopic (exact) mass is 297 g/mol. The molecule has 0 aliphatic rings. The van der Waals surface area contributed by atoms with Crippen LogP contribution in [0.5, 0.6) is 0 Å². The van der Waals surface area contributed by atoms with Crippen LogP contribution in [-0.4, -0.2) is 16.3 Å². The number of nitrogens with one attached hydrogen (secondary N) is 1. The zero-order valence-corrected chi connectivity index (χ0v) is 14.1. The summed E-state index contributed by atoms with van der Waals surface area (Å²) in [6, 6.07) is 0. The van der Waals surface area contributed by atoms with E-state index in [-0.39, 0.29) is 5.54 Å². The summed E-state index contributed by atoms with van der Waals surface area (Å²) in [5.41, 5.74) is -0.345. The van der Waals surface area contributed by atoms with Gasteiger partial charge < -0.3 is 5.32 Å². The molecule has 21 heavy (non-hydrogen) atoms. The Balaban J connectivity index is 2.17. The lowest BCUT2D eigenvalue weighted by Crippen LogP contribution is -2.40. The minimum Gasteiger partial charge on any atom is -0.305 e. The Morgan fingerprint density at radius 3 is 2.19 bits per heavy atom. The molecule has 1 heterocycles. The summed E-state index contributed by atoms with van der Waals surface area (Å²) >= 11 is 0. The molecule has 0 unspecified atom stereocenters. The van der Waals surface area contributed by atoms with Crippen molar-refractivity contribution >= 4 is 0 Å². The van der Waals surface area contributed by atoms with E-state index in [4.69, 9.17) is 4.52 Å². The van der Waals surface area contributed by atoms with Gasteiger partial charge in [-0.05, 0) is 26.8 Å². The molecule has 5 heteroatoms. The zero-order chi connectivity index (χ0) is 15.7. The van der Waals surface area contributed by atoms with Gasteiger partial charge in [-0.15, -0.1) is 0 Å². The van der Waals surface area contributed by atoms with Crippen LogP contribution in [0.25, 0.3) is 0 Å². The number of nitrogens with zero attached hydrogens (tertiary/aromatic N) is 2. The van der Waals surface area contributed by atoms with Crippen LogP contribution in [0.1, 0.15) is 78.0 Å². The SMILES string of the molecule is CCCCCCCCCCNC(C)(C)c1noc(=O)n1C. The Morgan fingerprint density at radius 2 is 1.67 bits per heavy atom. The molecular weight excluding hydrogens is 266 g/mol. The van der Waals surface area contributed by atoms with Crippen LogP contribution in [0.4, 0.5) is 0 Å². The molecule has 0 aliphatic carbocycles. The first-order valence-electron chi connectivity index (χ1n) is 8.27. The summed E-state index contributed by atoms with van der Waals surface area (Å²) < 4.78 is 6.15. The lowest BCUT2D eigenvalue weighted by atomic mass is 10.0. The average Bonchev–Trinajstić information content (AvgIpc) is 2.78. The first kappa shape index (κ1) is 18.0. The van der Waals surface area contributed by atoms with Crippen molar-refractivity contribution in [2.75, 3.05) is 6.54 Å². The van der Waals surface area contributed by atoms with Crippen LogP contribution in [0.3, 0.4) is 0 Å². The van der Waals surface area contributed by atoms with Crippen LogP contribution in [0, 0.1) is 0 Å². The quantitative estimate of drug-likeness (QED) is 0.636. The van der Waals surface area contributed by atoms with Crippen molar-refractivity contribution in [2.45, 2.75) is 77.7 Å². The van der Waals surface area contributed by atoms with E-state index in [0.717, 1.165) is 13.0 Å². The van der Waals surface area contributed by atoms with Crippen molar-refractivity contribution in [1.82, 2.24) is 15.0 Å². The maximum Gasteiger partial charge on any atom is 0.441 e. The molecule has 1 aromatic rings. The minimum absolute atomic E-state index is 0.345. The summed E-state index contributed by atoms with van der Waals surface area (Å²) in [4.78, 5) is 11.3. The Bertz CT molecular complexity index is 449. The molecule has 0 radical (unpaired) electrons. The van der Waals surface area contributed by atoms with E-state index >= 15 is 0 Å². The summed E-state index contributed by atoms with van der Waals surface area (Å²) in [6.45, 7) is 7.23. The van der Waals surface area contributed by atoms with Crippen LogP contribution in [0.15, 0.2) is 9.32 Å². The third-order valence-corrected chi connectivity index (χ3v) is 3.96. The van der Waals surface area contributed by atoms with Crippen molar-refractivity contribution in [3.8, 4) is 0 Å². The zero-order valence-electron chi connectivity index (χ0n) is 14.1. The van der Waals surface area contributed by atoms with Gasteiger partial charge in [0.25, 0.3) is 0 Å². The standard InChI is InChI=1S/C16H31N3O2/c1-5-6-7-8-9-10-11-12-13-17-16(2,3)14-18-21-15(20)19(14)4/h17H,5-13H2,1-4H3. The molecule has 0 aliphatic heterocycles. The van der Waals surface area contributed by atoms with Gasteiger partial charge in [0.05, 0.1) is 5.54 Å². The molecule has 0 fully saturated rings. The molecule has 1 N–H and O–H groups in total. The Morgan fingerprint density at radius 1 is 1.10 bits per heavy atom. The van der Waals surface area contributed by atoms with Crippen LogP contribution < -0.4 is 11.1 Å². The maximum atomic E-state index is 11.3. The van der Waals surface area contributed by atoms with Crippen molar-refractivity contribution in [3.05, 3.63) is 16.4 Å². The molecule has 0 saturated heterocycles. The molecule has 5 nitrogen and oxygen atoms in total. The van der Waals surface area contributed by atoms with E-state index in [1.165, 1.54) is 49.5 Å². The second-order valence-corrected chi connectivity index (χ2v) is 6.36. The largest absolute Gasteiger partial charge is 0.441 e. The second-order valence-electron chi connectivity index (χ2n) is 6.36. The maximum absolute atomic E-state index is 11.3. The van der Waals surface area contributed by atoms with Gasteiger partial charge in [0.2, 0.25) is 0 Å². The molecule has 1 aromatic heterocycles. The lowest BCUT2D eigenvalue weighted by Gasteiger charge is -2.24. The van der Waals surface area contributed by atoms with E-state index in [9.17, 15) is 4.79 Å². The lowest BCUT2D eigenvalue weighted by molar-refractivity contribution is 0.333. The summed E-state index contributed by atoms with van der Waals surface area (Å²) in [5, 5.41) is 7.32. The van der Waals surface area contributed by atoms with Gasteiger partial charge in [-0.1, -0.05) is 57.0 Å². The highest BCUT2D eigenvalue weighted by atomic mass is 16.5. The number of hydrogen-bond acceptors (Lipinski definition) is 4. The first-order chi connectivity index (χ1) is 9.99. The van der Waals surface area contributed by atoms with Gasteiger partial charge in [-0.3, -0.25) is 9.09 Å². The first-order valence-corrected chi connectivity index (χ1v) is 8.27. The molecule has 0 aromatic carbocycles. The Labute approximate surface area is 128 Å². The number of hydrogen-bond donors (Lipinski definition) is 1. The van der Waals surface area contributed by atoms with Crippen LogP contribution in [-0.2, 0) is 12.6 Å². The summed E-state index contributed by atoms with van der Waals surface area (Å²) in [5.74, 6) is 0.235. The molecule has 0 saturated carbocycles. The topological polar surface area (TPSA) is 60.1 Å². The average molecular weight is 297 g/mol.